The summed E-state index contributed by atoms with van der Waals surface area (Å²) in [6.45, 7) is 2.31. The molecule has 1 aromatic rings. The number of hydrogen-bond acceptors (Lipinski definition) is 3. The van der Waals surface area contributed by atoms with Crippen LogP contribution in [0.1, 0.15) is 18.9 Å². The lowest BCUT2D eigenvalue weighted by molar-refractivity contribution is -0.141. The van der Waals surface area contributed by atoms with Gasteiger partial charge in [0.1, 0.15) is 12.6 Å². The summed E-state index contributed by atoms with van der Waals surface area (Å²) in [5, 5.41) is 9.15. The number of carboxylic acids is 1. The molecule has 1 saturated heterocycles. The number of benzene rings is 1. The second kappa shape index (κ2) is 6.23. The van der Waals surface area contributed by atoms with E-state index in [1.807, 2.05) is 43.3 Å². The van der Waals surface area contributed by atoms with Crippen LogP contribution in [0.3, 0.4) is 0 Å². The molecule has 20 heavy (non-hydrogen) atoms. The average Bonchev–Trinajstić information content (AvgIpc) is 2.90. The molecule has 106 valence electrons. The number of ether oxygens (including phenoxy) is 1. The Morgan fingerprint density at radius 3 is 2.70 bits per heavy atom. The summed E-state index contributed by atoms with van der Waals surface area (Å²) in [4.78, 5) is 24.4. The maximum absolute atomic E-state index is 12.0. The lowest BCUT2D eigenvalue weighted by Gasteiger charge is -2.20. The molecule has 1 aliphatic heterocycles. The standard InChI is InChI=1S/C15H17NO4/c1-2-11-8-13(14(17)18)16(9-11)15(19)20-10-12-6-4-3-5-7-12/h2-7,13H,8-10H2,1H3,(H,17,18)/b11-2+/t13-/m0/s1. The predicted octanol–water partition coefficient (Wildman–Crippen LogP) is 2.43. The number of rotatable bonds is 3. The molecule has 0 aromatic heterocycles. The van der Waals surface area contributed by atoms with Gasteiger partial charge in [0, 0.05) is 13.0 Å². The van der Waals surface area contributed by atoms with Crippen LogP contribution in [0.5, 0.6) is 0 Å². The van der Waals surface area contributed by atoms with Gasteiger partial charge in [-0.1, -0.05) is 42.0 Å². The molecule has 0 bridgehead atoms. The molecule has 2 rings (SSSR count). The summed E-state index contributed by atoms with van der Waals surface area (Å²) in [7, 11) is 0. The van der Waals surface area contributed by atoms with E-state index in [0.717, 1.165) is 11.1 Å². The zero-order chi connectivity index (χ0) is 14.5. The highest BCUT2D eigenvalue weighted by Crippen LogP contribution is 2.23. The third-order valence-corrected chi connectivity index (χ3v) is 3.34. The van der Waals surface area contributed by atoms with Gasteiger partial charge in [0.15, 0.2) is 0 Å². The number of amides is 1. The molecule has 1 fully saturated rings. The maximum Gasteiger partial charge on any atom is 0.411 e. The number of nitrogens with zero attached hydrogens (tertiary/aromatic N) is 1. The number of hydrogen-bond donors (Lipinski definition) is 1. The number of carboxylic acid groups (broad SMARTS) is 1. The number of allylic oxidation sites excluding steroid dienone is 1. The van der Waals surface area contributed by atoms with Crippen molar-refractivity contribution >= 4 is 12.1 Å². The van der Waals surface area contributed by atoms with Gasteiger partial charge in [0.2, 0.25) is 0 Å². The molecule has 1 aliphatic rings. The van der Waals surface area contributed by atoms with Crippen molar-refractivity contribution in [2.75, 3.05) is 6.54 Å². The van der Waals surface area contributed by atoms with Gasteiger partial charge in [-0.2, -0.15) is 0 Å². The summed E-state index contributed by atoms with van der Waals surface area (Å²) in [6.07, 6.45) is 1.63. The molecule has 1 amide bonds. The molecule has 1 N–H and O–H groups in total. The highest BCUT2D eigenvalue weighted by molar-refractivity contribution is 5.81. The van der Waals surface area contributed by atoms with E-state index in [-0.39, 0.29) is 6.61 Å². The fourth-order valence-electron chi connectivity index (χ4n) is 2.18. The second-order valence-corrected chi connectivity index (χ2v) is 4.67. The Balaban J connectivity index is 1.99. The van der Waals surface area contributed by atoms with E-state index in [1.54, 1.807) is 0 Å². The van der Waals surface area contributed by atoms with E-state index in [4.69, 9.17) is 9.84 Å². The molecule has 0 unspecified atom stereocenters. The lowest BCUT2D eigenvalue weighted by Crippen LogP contribution is -2.40. The fraction of sp³-hybridized carbons (Fsp3) is 0.333. The van der Waals surface area contributed by atoms with Crippen molar-refractivity contribution in [2.24, 2.45) is 0 Å². The summed E-state index contributed by atoms with van der Waals surface area (Å²) in [5.74, 6) is -1.00. The minimum absolute atomic E-state index is 0.147. The minimum atomic E-state index is -1.00. The quantitative estimate of drug-likeness (QED) is 0.860. The Hall–Kier alpha value is -2.30. The first-order valence-corrected chi connectivity index (χ1v) is 6.46. The molecule has 0 saturated carbocycles. The third-order valence-electron chi connectivity index (χ3n) is 3.34. The van der Waals surface area contributed by atoms with Crippen LogP contribution < -0.4 is 0 Å². The van der Waals surface area contributed by atoms with Crippen LogP contribution in [0, 0.1) is 0 Å². The zero-order valence-corrected chi connectivity index (χ0v) is 11.3. The predicted molar refractivity (Wildman–Crippen MR) is 73.1 cm³/mol. The topological polar surface area (TPSA) is 66.8 Å². The van der Waals surface area contributed by atoms with Crippen molar-refractivity contribution in [3.05, 3.63) is 47.5 Å². The average molecular weight is 275 g/mol. The number of carbonyl (C=O) groups is 2. The van der Waals surface area contributed by atoms with E-state index in [1.165, 1.54) is 4.90 Å². The van der Waals surface area contributed by atoms with Gasteiger partial charge in [-0.05, 0) is 12.5 Å². The Labute approximate surface area is 117 Å². The van der Waals surface area contributed by atoms with Crippen LogP contribution in [-0.2, 0) is 16.1 Å². The van der Waals surface area contributed by atoms with Gasteiger partial charge >= 0.3 is 12.1 Å². The maximum atomic E-state index is 12.0. The van der Waals surface area contributed by atoms with Crippen molar-refractivity contribution in [3.8, 4) is 0 Å². The molecule has 1 heterocycles. The Morgan fingerprint density at radius 2 is 2.10 bits per heavy atom. The summed E-state index contributed by atoms with van der Waals surface area (Å²) in [5.41, 5.74) is 1.81. The molecule has 5 heteroatoms. The summed E-state index contributed by atoms with van der Waals surface area (Å²) >= 11 is 0. The van der Waals surface area contributed by atoms with Gasteiger partial charge in [-0.3, -0.25) is 4.90 Å². The lowest BCUT2D eigenvalue weighted by atomic mass is 10.1. The van der Waals surface area contributed by atoms with Crippen LogP contribution in [-0.4, -0.2) is 34.7 Å². The monoisotopic (exact) mass is 275 g/mol. The van der Waals surface area contributed by atoms with Crippen molar-refractivity contribution in [1.82, 2.24) is 4.90 Å². The van der Waals surface area contributed by atoms with Crippen LogP contribution in [0.4, 0.5) is 4.79 Å². The van der Waals surface area contributed by atoms with Gasteiger partial charge in [-0.25, -0.2) is 9.59 Å². The van der Waals surface area contributed by atoms with Gasteiger partial charge < -0.3 is 9.84 Å². The molecular formula is C15H17NO4. The third kappa shape index (κ3) is 3.17. The van der Waals surface area contributed by atoms with Crippen LogP contribution in [0.15, 0.2) is 42.0 Å². The van der Waals surface area contributed by atoms with Crippen LogP contribution in [0.25, 0.3) is 0 Å². The van der Waals surface area contributed by atoms with E-state index in [9.17, 15) is 9.59 Å². The SMILES string of the molecule is C/C=C1\C[C@@H](C(=O)O)N(C(=O)OCc2ccccc2)C1. The van der Waals surface area contributed by atoms with E-state index in [2.05, 4.69) is 0 Å². The van der Waals surface area contributed by atoms with Crippen LogP contribution in [0.2, 0.25) is 0 Å². The molecule has 1 atom stereocenters. The smallest absolute Gasteiger partial charge is 0.411 e. The number of aliphatic carboxylic acids is 1. The highest BCUT2D eigenvalue weighted by Gasteiger charge is 2.37. The molecule has 1 aromatic carbocycles. The first kappa shape index (κ1) is 14.1. The minimum Gasteiger partial charge on any atom is -0.480 e. The Kier molecular flexibility index (Phi) is 4.40. The fourth-order valence-corrected chi connectivity index (χ4v) is 2.18. The second-order valence-electron chi connectivity index (χ2n) is 4.67. The summed E-state index contributed by atoms with van der Waals surface area (Å²) in [6, 6.07) is 8.47. The first-order valence-electron chi connectivity index (χ1n) is 6.46. The first-order chi connectivity index (χ1) is 9.61. The number of carbonyl (C=O) groups excluding carboxylic acids is 1. The van der Waals surface area contributed by atoms with Gasteiger partial charge in [0.05, 0.1) is 0 Å². The normalized spacial score (nSPS) is 20.1. The number of likely N-dealkylation sites (tertiary alicyclic amines) is 1. The largest absolute Gasteiger partial charge is 0.480 e. The summed E-state index contributed by atoms with van der Waals surface area (Å²) < 4.78 is 5.18. The Morgan fingerprint density at radius 1 is 1.40 bits per heavy atom. The molecule has 0 spiro atoms. The van der Waals surface area contributed by atoms with Gasteiger partial charge in [0.25, 0.3) is 0 Å². The van der Waals surface area contributed by atoms with Crippen molar-refractivity contribution in [1.29, 1.82) is 0 Å². The van der Waals surface area contributed by atoms with E-state index in [0.29, 0.717) is 13.0 Å². The molecule has 0 radical (unpaired) electrons. The Bertz CT molecular complexity index is 524. The van der Waals surface area contributed by atoms with E-state index >= 15 is 0 Å². The van der Waals surface area contributed by atoms with Crippen molar-refractivity contribution in [2.45, 2.75) is 26.0 Å². The van der Waals surface area contributed by atoms with Crippen molar-refractivity contribution in [3.63, 3.8) is 0 Å². The zero-order valence-electron chi connectivity index (χ0n) is 11.3. The molecule has 0 aliphatic carbocycles. The highest BCUT2D eigenvalue weighted by atomic mass is 16.6. The molecule has 5 nitrogen and oxygen atoms in total. The van der Waals surface area contributed by atoms with Crippen molar-refractivity contribution < 1.29 is 19.4 Å². The van der Waals surface area contributed by atoms with Crippen LogP contribution >= 0.6 is 0 Å². The van der Waals surface area contributed by atoms with E-state index < -0.39 is 18.1 Å². The molecular weight excluding hydrogens is 258 g/mol. The van der Waals surface area contributed by atoms with Gasteiger partial charge in [-0.15, -0.1) is 0 Å².